The SMILES string of the molecule is NC(C=O)C(c1ccc(Cl)cc1Cl)N1CCN(C(=O)c2c(Cl)ncc(F)c2Cl)CC1. The summed E-state index contributed by atoms with van der Waals surface area (Å²) in [4.78, 5) is 31.4. The van der Waals surface area contributed by atoms with E-state index in [2.05, 4.69) is 4.98 Å². The van der Waals surface area contributed by atoms with Gasteiger partial charge >= 0.3 is 0 Å². The third-order valence-electron chi connectivity index (χ3n) is 4.94. The monoisotopic (exact) mass is 492 g/mol. The standard InChI is InChI=1S/C19H17Cl4FN4O2/c20-10-1-2-11(12(21)7-10)17(14(25)9-29)27-3-5-28(6-4-27)19(30)15-16(22)13(24)8-26-18(15)23/h1-2,7-9,14,17H,3-6,25H2. The Bertz CT molecular complexity index is 970. The molecule has 1 aliphatic rings. The van der Waals surface area contributed by atoms with Gasteiger partial charge in [-0.3, -0.25) is 9.69 Å². The lowest BCUT2D eigenvalue weighted by atomic mass is 9.98. The van der Waals surface area contributed by atoms with E-state index < -0.39 is 23.8 Å². The minimum absolute atomic E-state index is 0.164. The van der Waals surface area contributed by atoms with Crippen LogP contribution in [-0.4, -0.2) is 59.2 Å². The Balaban J connectivity index is 1.80. The number of amides is 1. The Hall–Kier alpha value is -1.48. The molecule has 0 spiro atoms. The number of pyridine rings is 1. The van der Waals surface area contributed by atoms with Crippen molar-refractivity contribution in [1.82, 2.24) is 14.8 Å². The van der Waals surface area contributed by atoms with Crippen LogP contribution in [0.2, 0.25) is 20.2 Å². The zero-order valence-corrected chi connectivity index (χ0v) is 18.5. The van der Waals surface area contributed by atoms with Gasteiger partial charge in [0.25, 0.3) is 5.91 Å². The fraction of sp³-hybridized carbons (Fsp3) is 0.316. The van der Waals surface area contributed by atoms with Gasteiger partial charge in [-0.1, -0.05) is 52.5 Å². The molecule has 1 amide bonds. The van der Waals surface area contributed by atoms with Crippen molar-refractivity contribution in [2.75, 3.05) is 26.2 Å². The van der Waals surface area contributed by atoms with Crippen LogP contribution in [-0.2, 0) is 4.79 Å². The third-order valence-corrected chi connectivity index (χ3v) is 6.16. The van der Waals surface area contributed by atoms with Crippen molar-refractivity contribution in [3.8, 4) is 0 Å². The number of carbonyl (C=O) groups excluding carboxylic acids is 2. The zero-order chi connectivity index (χ0) is 22.0. The van der Waals surface area contributed by atoms with Crippen molar-refractivity contribution >= 4 is 58.6 Å². The van der Waals surface area contributed by atoms with Crippen molar-refractivity contribution in [3.63, 3.8) is 0 Å². The highest BCUT2D eigenvalue weighted by Gasteiger charge is 2.33. The first-order valence-corrected chi connectivity index (χ1v) is 10.4. The van der Waals surface area contributed by atoms with Crippen LogP contribution in [0.25, 0.3) is 0 Å². The maximum atomic E-state index is 13.7. The number of nitrogens with zero attached hydrogens (tertiary/aromatic N) is 3. The smallest absolute Gasteiger partial charge is 0.258 e. The molecule has 2 N–H and O–H groups in total. The fourth-order valence-corrected chi connectivity index (χ4v) is 4.46. The third kappa shape index (κ3) is 4.72. The number of aldehydes is 1. The second-order valence-electron chi connectivity index (χ2n) is 6.74. The van der Waals surface area contributed by atoms with Crippen molar-refractivity contribution in [2.24, 2.45) is 5.73 Å². The van der Waals surface area contributed by atoms with Gasteiger partial charge < -0.3 is 15.4 Å². The largest absolute Gasteiger partial charge is 0.336 e. The van der Waals surface area contributed by atoms with E-state index in [0.717, 1.165) is 6.20 Å². The van der Waals surface area contributed by atoms with E-state index in [4.69, 9.17) is 52.1 Å². The molecule has 1 aliphatic heterocycles. The van der Waals surface area contributed by atoms with Gasteiger partial charge in [0.05, 0.1) is 28.9 Å². The summed E-state index contributed by atoms with van der Waals surface area (Å²) in [6.07, 6.45) is 1.52. The van der Waals surface area contributed by atoms with E-state index >= 15 is 0 Å². The Morgan fingerprint density at radius 2 is 1.83 bits per heavy atom. The summed E-state index contributed by atoms with van der Waals surface area (Å²) in [5, 5.41) is 0.335. The fourth-order valence-electron chi connectivity index (χ4n) is 3.45. The van der Waals surface area contributed by atoms with E-state index in [9.17, 15) is 14.0 Å². The quantitative estimate of drug-likeness (QED) is 0.505. The molecule has 2 unspecified atom stereocenters. The summed E-state index contributed by atoms with van der Waals surface area (Å²) in [5.41, 5.74) is 6.56. The van der Waals surface area contributed by atoms with Gasteiger partial charge in [-0.25, -0.2) is 9.37 Å². The number of piperazine rings is 1. The van der Waals surface area contributed by atoms with Crippen molar-refractivity contribution < 1.29 is 14.0 Å². The number of carbonyl (C=O) groups is 2. The molecule has 2 atom stereocenters. The number of nitrogens with two attached hydrogens (primary N) is 1. The summed E-state index contributed by atoms with van der Waals surface area (Å²) < 4.78 is 13.7. The van der Waals surface area contributed by atoms with Gasteiger partial charge in [0, 0.05) is 36.2 Å². The van der Waals surface area contributed by atoms with Crippen LogP contribution in [0.1, 0.15) is 22.0 Å². The summed E-state index contributed by atoms with van der Waals surface area (Å²) >= 11 is 24.2. The number of benzene rings is 1. The summed E-state index contributed by atoms with van der Waals surface area (Å²) in [5.74, 6) is -1.34. The number of hydrogen-bond acceptors (Lipinski definition) is 5. The van der Waals surface area contributed by atoms with E-state index in [1.807, 2.05) is 4.90 Å². The lowest BCUT2D eigenvalue weighted by Gasteiger charge is -2.41. The van der Waals surface area contributed by atoms with E-state index in [1.54, 1.807) is 18.2 Å². The number of rotatable bonds is 5. The average Bonchev–Trinajstić information content (AvgIpc) is 2.73. The minimum atomic E-state index is -0.831. The molecule has 160 valence electrons. The lowest BCUT2D eigenvalue weighted by Crippen LogP contribution is -2.53. The van der Waals surface area contributed by atoms with Crippen LogP contribution in [0.3, 0.4) is 0 Å². The van der Waals surface area contributed by atoms with E-state index in [1.165, 1.54) is 4.90 Å². The first kappa shape index (κ1) is 23.2. The van der Waals surface area contributed by atoms with Gasteiger partial charge in [-0.15, -0.1) is 0 Å². The van der Waals surface area contributed by atoms with Gasteiger partial charge in [-0.05, 0) is 17.7 Å². The maximum absolute atomic E-state index is 13.7. The van der Waals surface area contributed by atoms with Crippen LogP contribution in [0.15, 0.2) is 24.4 Å². The molecule has 11 heteroatoms. The lowest BCUT2D eigenvalue weighted by molar-refractivity contribution is -0.110. The molecule has 3 rings (SSSR count). The molecule has 0 bridgehead atoms. The summed E-state index contributed by atoms with van der Waals surface area (Å²) in [7, 11) is 0. The second-order valence-corrected chi connectivity index (χ2v) is 8.32. The van der Waals surface area contributed by atoms with Crippen LogP contribution < -0.4 is 5.73 Å². The molecule has 1 fully saturated rings. The van der Waals surface area contributed by atoms with Crippen molar-refractivity contribution in [3.05, 3.63) is 61.6 Å². The Morgan fingerprint density at radius 3 is 2.43 bits per heavy atom. The zero-order valence-electron chi connectivity index (χ0n) is 15.5. The molecule has 2 heterocycles. The summed E-state index contributed by atoms with van der Waals surface area (Å²) in [6.45, 7) is 1.37. The van der Waals surface area contributed by atoms with Gasteiger partial charge in [-0.2, -0.15) is 0 Å². The molecule has 2 aromatic rings. The average molecular weight is 494 g/mol. The van der Waals surface area contributed by atoms with Crippen LogP contribution in [0.5, 0.6) is 0 Å². The number of aromatic nitrogens is 1. The van der Waals surface area contributed by atoms with Gasteiger partial charge in [0.2, 0.25) is 0 Å². The van der Waals surface area contributed by atoms with Crippen LogP contribution in [0, 0.1) is 5.82 Å². The summed E-state index contributed by atoms with van der Waals surface area (Å²) in [6, 6.07) is 3.67. The van der Waals surface area contributed by atoms with Crippen molar-refractivity contribution in [1.29, 1.82) is 0 Å². The predicted octanol–water partition coefficient (Wildman–Crippen LogP) is 3.86. The number of hydrogen-bond donors (Lipinski definition) is 1. The normalized spacial score (nSPS) is 16.9. The predicted molar refractivity (Wildman–Crippen MR) is 115 cm³/mol. The van der Waals surface area contributed by atoms with Gasteiger partial charge in [0.15, 0.2) is 5.82 Å². The highest BCUT2D eigenvalue weighted by Crippen LogP contribution is 2.33. The van der Waals surface area contributed by atoms with Crippen LogP contribution in [0.4, 0.5) is 4.39 Å². The minimum Gasteiger partial charge on any atom is -0.336 e. The Labute approximate surface area is 192 Å². The van der Waals surface area contributed by atoms with Crippen LogP contribution >= 0.6 is 46.4 Å². The molecule has 1 aromatic carbocycles. The molecule has 0 aliphatic carbocycles. The molecule has 0 saturated carbocycles. The second kappa shape index (κ2) is 9.77. The Morgan fingerprint density at radius 1 is 1.17 bits per heavy atom. The van der Waals surface area contributed by atoms with E-state index in [-0.39, 0.29) is 28.8 Å². The molecule has 30 heavy (non-hydrogen) atoms. The van der Waals surface area contributed by atoms with Gasteiger partial charge in [0.1, 0.15) is 11.4 Å². The first-order valence-electron chi connectivity index (χ1n) is 8.93. The number of halogens is 5. The van der Waals surface area contributed by atoms with E-state index in [0.29, 0.717) is 35.0 Å². The highest BCUT2D eigenvalue weighted by molar-refractivity contribution is 6.39. The Kier molecular flexibility index (Phi) is 7.55. The topological polar surface area (TPSA) is 79.5 Å². The molecular formula is C19H17Cl4FN4O2. The maximum Gasteiger partial charge on any atom is 0.258 e. The molecule has 6 nitrogen and oxygen atoms in total. The first-order chi connectivity index (χ1) is 14.2. The highest BCUT2D eigenvalue weighted by atomic mass is 35.5. The van der Waals surface area contributed by atoms with Crippen molar-refractivity contribution in [2.45, 2.75) is 12.1 Å². The molecule has 1 saturated heterocycles. The molecular weight excluding hydrogens is 477 g/mol. The molecule has 0 radical (unpaired) electrons. The molecule has 1 aromatic heterocycles.